The smallest absolute Gasteiger partial charge is 0.360 e. The molecule has 3 aromatic rings. The first-order valence-electron chi connectivity index (χ1n) is 9.15. The van der Waals surface area contributed by atoms with Crippen LogP contribution in [0, 0.1) is 13.8 Å². The minimum atomic E-state index is -0.729. The molecule has 2 aromatic carbocycles. The minimum Gasteiger partial charge on any atom is -0.461 e. The summed E-state index contributed by atoms with van der Waals surface area (Å²) in [6.45, 7) is 5.64. The number of rotatable bonds is 5. The standard InChI is InChI=1S/C22H21N3O4/c1-4-29-22(28)20-18(23-21(27)16-9-5-14(2)6-10-16)13-19(26)25(24-20)17-11-7-15(3)8-12-17/h5-13H,4H2,1-3H3,(H,23,27). The molecule has 0 atom stereocenters. The molecule has 0 saturated carbocycles. The average molecular weight is 391 g/mol. The van der Waals surface area contributed by atoms with Crippen molar-refractivity contribution in [1.82, 2.24) is 9.78 Å². The monoisotopic (exact) mass is 391 g/mol. The van der Waals surface area contributed by atoms with Gasteiger partial charge in [0.05, 0.1) is 18.0 Å². The van der Waals surface area contributed by atoms with E-state index in [0.717, 1.165) is 15.8 Å². The predicted molar refractivity (Wildman–Crippen MR) is 110 cm³/mol. The van der Waals surface area contributed by atoms with E-state index in [9.17, 15) is 14.4 Å². The van der Waals surface area contributed by atoms with Crippen LogP contribution in [0.15, 0.2) is 59.4 Å². The number of ether oxygens (including phenoxy) is 1. The maximum absolute atomic E-state index is 12.6. The lowest BCUT2D eigenvalue weighted by atomic mass is 10.1. The number of anilines is 1. The van der Waals surface area contributed by atoms with Crippen molar-refractivity contribution in [3.8, 4) is 5.69 Å². The first kappa shape index (κ1) is 20.0. The van der Waals surface area contributed by atoms with Crippen LogP contribution in [0.3, 0.4) is 0 Å². The zero-order valence-electron chi connectivity index (χ0n) is 16.4. The molecule has 0 radical (unpaired) electrons. The molecule has 7 heteroatoms. The van der Waals surface area contributed by atoms with Crippen LogP contribution in [0.4, 0.5) is 5.69 Å². The van der Waals surface area contributed by atoms with Gasteiger partial charge < -0.3 is 10.1 Å². The maximum Gasteiger partial charge on any atom is 0.360 e. The lowest BCUT2D eigenvalue weighted by Crippen LogP contribution is -2.27. The van der Waals surface area contributed by atoms with Gasteiger partial charge in [0.25, 0.3) is 11.5 Å². The second kappa shape index (κ2) is 8.52. The fourth-order valence-corrected chi connectivity index (χ4v) is 2.67. The van der Waals surface area contributed by atoms with E-state index >= 15 is 0 Å². The van der Waals surface area contributed by atoms with E-state index in [1.54, 1.807) is 43.3 Å². The number of carbonyl (C=O) groups excluding carboxylic acids is 2. The molecule has 7 nitrogen and oxygen atoms in total. The fraction of sp³-hybridized carbons (Fsp3) is 0.182. The lowest BCUT2D eigenvalue weighted by Gasteiger charge is -2.12. The molecule has 1 heterocycles. The third-order valence-corrected chi connectivity index (χ3v) is 4.24. The van der Waals surface area contributed by atoms with Crippen LogP contribution in [-0.4, -0.2) is 28.3 Å². The van der Waals surface area contributed by atoms with Gasteiger partial charge in [0.15, 0.2) is 5.69 Å². The van der Waals surface area contributed by atoms with Gasteiger partial charge in [-0.1, -0.05) is 35.4 Å². The fourth-order valence-electron chi connectivity index (χ4n) is 2.67. The van der Waals surface area contributed by atoms with E-state index < -0.39 is 17.4 Å². The molecular formula is C22H21N3O4. The van der Waals surface area contributed by atoms with E-state index in [1.165, 1.54) is 6.07 Å². The lowest BCUT2D eigenvalue weighted by molar-refractivity contribution is 0.0518. The van der Waals surface area contributed by atoms with E-state index in [-0.39, 0.29) is 18.0 Å². The first-order valence-corrected chi connectivity index (χ1v) is 9.15. The average Bonchev–Trinajstić information content (AvgIpc) is 2.69. The third kappa shape index (κ3) is 4.57. The van der Waals surface area contributed by atoms with Crippen LogP contribution in [0.1, 0.15) is 38.9 Å². The number of esters is 1. The predicted octanol–water partition coefficient (Wildman–Crippen LogP) is 3.28. The molecule has 0 aliphatic heterocycles. The van der Waals surface area contributed by atoms with Crippen LogP contribution in [-0.2, 0) is 4.74 Å². The number of nitrogens with zero attached hydrogens (tertiary/aromatic N) is 2. The van der Waals surface area contributed by atoms with Crippen molar-refractivity contribution in [2.45, 2.75) is 20.8 Å². The number of benzene rings is 2. The van der Waals surface area contributed by atoms with E-state index in [1.807, 2.05) is 26.0 Å². The normalized spacial score (nSPS) is 10.4. The summed E-state index contributed by atoms with van der Waals surface area (Å²) in [5, 5.41) is 6.77. The number of amides is 1. The first-order chi connectivity index (χ1) is 13.9. The van der Waals surface area contributed by atoms with Gasteiger partial charge in [-0.2, -0.15) is 9.78 Å². The Kier molecular flexibility index (Phi) is 5.87. The molecule has 0 saturated heterocycles. The van der Waals surface area contributed by atoms with Gasteiger partial charge in [0.1, 0.15) is 0 Å². The molecule has 0 spiro atoms. The van der Waals surface area contributed by atoms with Crippen molar-refractivity contribution in [1.29, 1.82) is 0 Å². The Labute approximate surface area is 168 Å². The molecule has 1 amide bonds. The molecule has 29 heavy (non-hydrogen) atoms. The van der Waals surface area contributed by atoms with Gasteiger partial charge in [-0.3, -0.25) is 9.59 Å². The van der Waals surface area contributed by atoms with Crippen LogP contribution in [0.5, 0.6) is 0 Å². The summed E-state index contributed by atoms with van der Waals surface area (Å²) in [7, 11) is 0. The van der Waals surface area contributed by atoms with Crippen molar-refractivity contribution < 1.29 is 14.3 Å². The largest absolute Gasteiger partial charge is 0.461 e. The summed E-state index contributed by atoms with van der Waals surface area (Å²) in [5.41, 5.74) is 2.30. The SMILES string of the molecule is CCOC(=O)c1nn(-c2ccc(C)cc2)c(=O)cc1NC(=O)c1ccc(C)cc1. The Balaban J connectivity index is 2.03. The van der Waals surface area contributed by atoms with E-state index in [2.05, 4.69) is 10.4 Å². The summed E-state index contributed by atoms with van der Waals surface area (Å²) in [6, 6.07) is 15.2. The highest BCUT2D eigenvalue weighted by Gasteiger charge is 2.20. The summed E-state index contributed by atoms with van der Waals surface area (Å²) < 4.78 is 6.16. The minimum absolute atomic E-state index is 0.00221. The van der Waals surface area contributed by atoms with Gasteiger partial charge in [-0.05, 0) is 45.0 Å². The number of aromatic nitrogens is 2. The molecule has 0 aliphatic rings. The van der Waals surface area contributed by atoms with Crippen molar-refractivity contribution in [2.75, 3.05) is 11.9 Å². The van der Waals surface area contributed by atoms with Gasteiger partial charge in [0.2, 0.25) is 0 Å². The molecule has 1 N–H and O–H groups in total. The van der Waals surface area contributed by atoms with Gasteiger partial charge in [0, 0.05) is 11.6 Å². The quantitative estimate of drug-likeness (QED) is 0.674. The number of nitrogens with one attached hydrogen (secondary N) is 1. The molecule has 0 fully saturated rings. The van der Waals surface area contributed by atoms with Crippen LogP contribution in [0.2, 0.25) is 0 Å². The van der Waals surface area contributed by atoms with Crippen LogP contribution >= 0.6 is 0 Å². The molecule has 0 unspecified atom stereocenters. The molecule has 0 aliphatic carbocycles. The maximum atomic E-state index is 12.6. The van der Waals surface area contributed by atoms with Crippen LogP contribution in [0.25, 0.3) is 5.69 Å². The molecular weight excluding hydrogens is 370 g/mol. The Morgan fingerprint density at radius 3 is 2.17 bits per heavy atom. The highest BCUT2D eigenvalue weighted by molar-refractivity contribution is 6.07. The summed E-state index contributed by atoms with van der Waals surface area (Å²) in [6.07, 6.45) is 0. The summed E-state index contributed by atoms with van der Waals surface area (Å²) in [5.74, 6) is -1.18. The summed E-state index contributed by atoms with van der Waals surface area (Å²) >= 11 is 0. The second-order valence-corrected chi connectivity index (χ2v) is 6.53. The van der Waals surface area contributed by atoms with Crippen molar-refractivity contribution in [3.63, 3.8) is 0 Å². The third-order valence-electron chi connectivity index (χ3n) is 4.24. The number of carbonyl (C=O) groups is 2. The highest BCUT2D eigenvalue weighted by Crippen LogP contribution is 2.16. The second-order valence-electron chi connectivity index (χ2n) is 6.53. The van der Waals surface area contributed by atoms with E-state index in [0.29, 0.717) is 11.3 Å². The number of hydrogen-bond acceptors (Lipinski definition) is 5. The van der Waals surface area contributed by atoms with Crippen molar-refractivity contribution in [3.05, 3.63) is 87.3 Å². The molecule has 3 rings (SSSR count). The molecule has 0 bridgehead atoms. The highest BCUT2D eigenvalue weighted by atomic mass is 16.5. The number of aryl methyl sites for hydroxylation is 2. The van der Waals surface area contributed by atoms with Crippen LogP contribution < -0.4 is 10.9 Å². The Bertz CT molecular complexity index is 1100. The Morgan fingerprint density at radius 2 is 1.59 bits per heavy atom. The van der Waals surface area contributed by atoms with Crippen molar-refractivity contribution >= 4 is 17.6 Å². The topological polar surface area (TPSA) is 90.3 Å². The molecule has 1 aromatic heterocycles. The zero-order chi connectivity index (χ0) is 21.0. The Morgan fingerprint density at radius 1 is 1.00 bits per heavy atom. The zero-order valence-corrected chi connectivity index (χ0v) is 16.4. The van der Waals surface area contributed by atoms with Gasteiger partial charge >= 0.3 is 5.97 Å². The van der Waals surface area contributed by atoms with Gasteiger partial charge in [-0.15, -0.1) is 0 Å². The Hall–Kier alpha value is -3.74. The van der Waals surface area contributed by atoms with E-state index in [4.69, 9.17) is 4.74 Å². The summed E-state index contributed by atoms with van der Waals surface area (Å²) in [4.78, 5) is 37.6. The van der Waals surface area contributed by atoms with Crippen molar-refractivity contribution in [2.24, 2.45) is 0 Å². The van der Waals surface area contributed by atoms with Gasteiger partial charge in [-0.25, -0.2) is 4.79 Å². The molecule has 148 valence electrons. The number of hydrogen-bond donors (Lipinski definition) is 1.